The van der Waals surface area contributed by atoms with Gasteiger partial charge in [0.25, 0.3) is 0 Å². The lowest BCUT2D eigenvalue weighted by atomic mass is 10.0. The van der Waals surface area contributed by atoms with Gasteiger partial charge in [-0.1, -0.05) is 44.9 Å². The van der Waals surface area contributed by atoms with Gasteiger partial charge >= 0.3 is 5.97 Å². The number of aliphatic hydroxyl groups excluding tert-OH is 1. The smallest absolute Gasteiger partial charge is 0.330 e. The predicted octanol–water partition coefficient (Wildman–Crippen LogP) is 3.52. The second kappa shape index (κ2) is 9.31. The quantitative estimate of drug-likeness (QED) is 0.549. The normalized spacial score (nSPS) is 37.3. The Hall–Kier alpha value is -0.870. The number of fused-ring (bicyclic) bond motifs is 1. The van der Waals surface area contributed by atoms with Gasteiger partial charge in [-0.15, -0.1) is 0 Å². The minimum atomic E-state index is -0.413. The fourth-order valence-electron chi connectivity index (χ4n) is 3.08. The van der Waals surface area contributed by atoms with Crippen LogP contribution in [0.5, 0.6) is 0 Å². The molecule has 2 heterocycles. The third-order valence-corrected chi connectivity index (χ3v) is 4.54. The fourth-order valence-corrected chi connectivity index (χ4v) is 3.08. The summed E-state index contributed by atoms with van der Waals surface area (Å²) in [6.45, 7) is 1.95. The second-order valence-electron chi connectivity index (χ2n) is 6.65. The van der Waals surface area contributed by atoms with Gasteiger partial charge in [0.15, 0.2) is 0 Å². The number of esters is 1. The Balaban J connectivity index is 1.80. The molecule has 0 aromatic heterocycles. The molecule has 0 aromatic rings. The molecule has 126 valence electrons. The van der Waals surface area contributed by atoms with Crippen LogP contribution >= 0.6 is 0 Å². The molecule has 2 rings (SSSR count). The van der Waals surface area contributed by atoms with E-state index in [9.17, 15) is 9.90 Å². The van der Waals surface area contributed by atoms with Crippen molar-refractivity contribution >= 4 is 5.97 Å². The number of carbonyl (C=O) groups excluding carboxylic acids is 1. The molecule has 2 aliphatic heterocycles. The molecule has 0 bridgehead atoms. The van der Waals surface area contributed by atoms with E-state index in [0.717, 1.165) is 25.7 Å². The van der Waals surface area contributed by atoms with E-state index in [-0.39, 0.29) is 24.3 Å². The summed E-state index contributed by atoms with van der Waals surface area (Å²) in [5.41, 5.74) is 0. The molecule has 0 unspecified atom stereocenters. The molecule has 0 spiro atoms. The van der Waals surface area contributed by atoms with Gasteiger partial charge in [-0.05, 0) is 32.3 Å². The average Bonchev–Trinajstić information content (AvgIpc) is 3.25. The highest BCUT2D eigenvalue weighted by Gasteiger charge is 2.42. The van der Waals surface area contributed by atoms with Crippen LogP contribution in [0.3, 0.4) is 0 Å². The van der Waals surface area contributed by atoms with Gasteiger partial charge in [-0.25, -0.2) is 4.79 Å². The highest BCUT2D eigenvalue weighted by molar-refractivity contribution is 5.82. The van der Waals surface area contributed by atoms with E-state index in [2.05, 4.69) is 0 Å². The van der Waals surface area contributed by atoms with Crippen LogP contribution in [0.2, 0.25) is 0 Å². The number of epoxide rings is 1. The number of carbonyl (C=O) groups is 1. The topological polar surface area (TPSA) is 59.1 Å². The lowest BCUT2D eigenvalue weighted by molar-refractivity contribution is -0.142. The Morgan fingerprint density at radius 2 is 1.59 bits per heavy atom. The highest BCUT2D eigenvalue weighted by atomic mass is 16.6. The lowest BCUT2D eigenvalue weighted by Crippen LogP contribution is -2.16. The number of hydrogen-bond donors (Lipinski definition) is 1. The summed E-state index contributed by atoms with van der Waals surface area (Å²) in [4.78, 5) is 11.7. The molecule has 1 saturated heterocycles. The number of ether oxygens (including phenoxy) is 2. The van der Waals surface area contributed by atoms with Crippen molar-refractivity contribution in [1.29, 1.82) is 0 Å². The molecule has 0 amide bonds. The van der Waals surface area contributed by atoms with Gasteiger partial charge in [-0.3, -0.25) is 0 Å². The SMILES string of the molecule is C[C@H]1CCCCCCCCCC[C@@H](O)[C@H]2O[C@H]2/C=C/C(=O)O1. The molecule has 22 heavy (non-hydrogen) atoms. The van der Waals surface area contributed by atoms with Gasteiger partial charge in [-0.2, -0.15) is 0 Å². The van der Waals surface area contributed by atoms with Crippen molar-refractivity contribution in [2.75, 3.05) is 0 Å². The maximum atomic E-state index is 11.7. The molecule has 4 atom stereocenters. The monoisotopic (exact) mass is 310 g/mol. The van der Waals surface area contributed by atoms with E-state index >= 15 is 0 Å². The van der Waals surface area contributed by atoms with Crippen molar-refractivity contribution in [1.82, 2.24) is 0 Å². The van der Waals surface area contributed by atoms with Gasteiger partial charge in [0.05, 0.1) is 12.2 Å². The Kier molecular flexibility index (Phi) is 7.40. The van der Waals surface area contributed by atoms with Crippen molar-refractivity contribution in [3.05, 3.63) is 12.2 Å². The summed E-state index contributed by atoms with van der Waals surface area (Å²) in [5.74, 6) is -0.308. The summed E-state index contributed by atoms with van der Waals surface area (Å²) in [7, 11) is 0. The van der Waals surface area contributed by atoms with E-state index < -0.39 is 6.10 Å². The van der Waals surface area contributed by atoms with Crippen molar-refractivity contribution in [2.45, 2.75) is 95.5 Å². The maximum Gasteiger partial charge on any atom is 0.330 e. The zero-order valence-corrected chi connectivity index (χ0v) is 13.7. The average molecular weight is 310 g/mol. The molecule has 4 heteroatoms. The summed E-state index contributed by atoms with van der Waals surface area (Å²) >= 11 is 0. The number of cyclic esters (lactones) is 1. The Bertz CT molecular complexity index is 366. The molecule has 4 nitrogen and oxygen atoms in total. The van der Waals surface area contributed by atoms with Crippen molar-refractivity contribution in [2.24, 2.45) is 0 Å². The third kappa shape index (κ3) is 6.49. The Morgan fingerprint density at radius 1 is 1.00 bits per heavy atom. The first kappa shape index (κ1) is 17.5. The molecular formula is C18H30O4. The van der Waals surface area contributed by atoms with Crippen LogP contribution in [-0.2, 0) is 14.3 Å². The first-order valence-corrected chi connectivity index (χ1v) is 8.89. The fraction of sp³-hybridized carbons (Fsp3) is 0.833. The molecule has 0 saturated carbocycles. The molecule has 0 radical (unpaired) electrons. The van der Waals surface area contributed by atoms with Crippen LogP contribution in [0.4, 0.5) is 0 Å². The zero-order valence-electron chi connectivity index (χ0n) is 13.7. The Labute approximate surface area is 133 Å². The van der Waals surface area contributed by atoms with Crippen LogP contribution in [-0.4, -0.2) is 35.5 Å². The Morgan fingerprint density at radius 3 is 2.27 bits per heavy atom. The summed E-state index contributed by atoms with van der Waals surface area (Å²) in [6.07, 6.45) is 13.8. The standard InChI is InChI=1S/C18H30O4/c1-14-10-8-6-4-2-3-5-7-9-11-15(19)18-16(22-18)12-13-17(20)21-14/h12-16,18-19H,2-11H2,1H3/b13-12+/t14-,15+,16-,18+/m0/s1. The van der Waals surface area contributed by atoms with Gasteiger partial charge in [0.1, 0.15) is 12.2 Å². The minimum Gasteiger partial charge on any atom is -0.460 e. The summed E-state index contributed by atoms with van der Waals surface area (Å²) < 4.78 is 10.8. The number of rotatable bonds is 0. The number of aliphatic hydroxyl groups is 1. The molecule has 0 aromatic carbocycles. The summed E-state index contributed by atoms with van der Waals surface area (Å²) in [6, 6.07) is 0. The summed E-state index contributed by atoms with van der Waals surface area (Å²) in [5, 5.41) is 10.0. The lowest BCUT2D eigenvalue weighted by Gasteiger charge is -2.11. The van der Waals surface area contributed by atoms with Crippen LogP contribution in [0.25, 0.3) is 0 Å². The van der Waals surface area contributed by atoms with Gasteiger partial charge < -0.3 is 14.6 Å². The number of hydrogen-bond acceptors (Lipinski definition) is 4. The highest BCUT2D eigenvalue weighted by Crippen LogP contribution is 2.29. The van der Waals surface area contributed by atoms with E-state index in [0.29, 0.717) is 0 Å². The molecule has 1 N–H and O–H groups in total. The molecule has 2 aliphatic rings. The predicted molar refractivity (Wildman–Crippen MR) is 85.5 cm³/mol. The first-order chi connectivity index (χ1) is 10.7. The van der Waals surface area contributed by atoms with Crippen molar-refractivity contribution in [3.63, 3.8) is 0 Å². The second-order valence-corrected chi connectivity index (χ2v) is 6.65. The third-order valence-electron chi connectivity index (χ3n) is 4.54. The zero-order chi connectivity index (χ0) is 15.8. The van der Waals surface area contributed by atoms with Crippen LogP contribution in [0, 0.1) is 0 Å². The molecule has 1 fully saturated rings. The van der Waals surface area contributed by atoms with E-state index in [1.54, 1.807) is 6.08 Å². The van der Waals surface area contributed by atoms with E-state index in [4.69, 9.17) is 9.47 Å². The first-order valence-electron chi connectivity index (χ1n) is 8.89. The minimum absolute atomic E-state index is 0.0301. The molecular weight excluding hydrogens is 280 g/mol. The van der Waals surface area contributed by atoms with Crippen molar-refractivity contribution in [3.8, 4) is 0 Å². The van der Waals surface area contributed by atoms with E-state index in [1.807, 2.05) is 6.92 Å². The van der Waals surface area contributed by atoms with Crippen molar-refractivity contribution < 1.29 is 19.4 Å². The van der Waals surface area contributed by atoms with Gasteiger partial charge in [0.2, 0.25) is 0 Å². The maximum absolute atomic E-state index is 11.7. The molecule has 0 aliphatic carbocycles. The van der Waals surface area contributed by atoms with E-state index in [1.165, 1.54) is 44.6 Å². The van der Waals surface area contributed by atoms with Crippen LogP contribution in [0.1, 0.15) is 71.1 Å². The van der Waals surface area contributed by atoms with Crippen LogP contribution < -0.4 is 0 Å². The van der Waals surface area contributed by atoms with Crippen LogP contribution in [0.15, 0.2) is 12.2 Å². The van der Waals surface area contributed by atoms with Gasteiger partial charge in [0, 0.05) is 6.08 Å². The largest absolute Gasteiger partial charge is 0.460 e.